The van der Waals surface area contributed by atoms with Crippen LogP contribution in [-0.2, 0) is 0 Å². The van der Waals surface area contributed by atoms with Gasteiger partial charge in [-0.05, 0) is 12.8 Å². The summed E-state index contributed by atoms with van der Waals surface area (Å²) >= 11 is 0. The molecule has 1 aromatic heterocycles. The Morgan fingerprint density at radius 2 is 2.17 bits per heavy atom. The van der Waals surface area contributed by atoms with E-state index in [-0.39, 0.29) is 0 Å². The van der Waals surface area contributed by atoms with Crippen molar-refractivity contribution in [2.45, 2.75) is 12.8 Å². The number of hydrogen-bond acceptors (Lipinski definition) is 2. The molecule has 1 aromatic rings. The molecule has 2 N–H and O–H groups in total. The van der Waals surface area contributed by atoms with E-state index in [1.165, 1.54) is 0 Å². The number of imidazole rings is 1. The second-order valence-corrected chi connectivity index (χ2v) is 2.80. The Balaban J connectivity index is 2.35. The summed E-state index contributed by atoms with van der Waals surface area (Å²) in [6, 6.07) is 0. The van der Waals surface area contributed by atoms with E-state index >= 15 is 0 Å². The quantitative estimate of drug-likeness (QED) is 0.675. The normalized spacial score (nSPS) is 17.0. The van der Waals surface area contributed by atoms with E-state index in [4.69, 9.17) is 5.73 Å². The van der Waals surface area contributed by atoms with E-state index in [0.717, 1.165) is 24.2 Å². The average molecular weight is 161 g/mol. The Bertz CT molecular complexity index is 320. The van der Waals surface area contributed by atoms with Crippen molar-refractivity contribution in [3.05, 3.63) is 36.6 Å². The highest BCUT2D eigenvalue weighted by Crippen LogP contribution is 2.18. The summed E-state index contributed by atoms with van der Waals surface area (Å²) in [7, 11) is 0. The largest absolute Gasteiger partial charge is 0.397 e. The van der Waals surface area contributed by atoms with Crippen LogP contribution in [0.5, 0.6) is 0 Å². The number of aromatic nitrogens is 2. The van der Waals surface area contributed by atoms with Gasteiger partial charge in [0, 0.05) is 12.4 Å². The number of rotatable bonds is 1. The van der Waals surface area contributed by atoms with Crippen LogP contribution in [0.2, 0.25) is 0 Å². The van der Waals surface area contributed by atoms with Gasteiger partial charge < -0.3 is 10.3 Å². The molecule has 1 heterocycles. The van der Waals surface area contributed by atoms with Gasteiger partial charge >= 0.3 is 0 Å². The molecule has 3 heteroatoms. The van der Waals surface area contributed by atoms with Crippen molar-refractivity contribution in [1.29, 1.82) is 0 Å². The molecule has 0 unspecified atom stereocenters. The number of nitrogens with zero attached hydrogens (tertiary/aromatic N) is 2. The van der Waals surface area contributed by atoms with Crippen molar-refractivity contribution in [3.8, 4) is 0 Å². The fourth-order valence-electron chi connectivity index (χ4n) is 1.34. The summed E-state index contributed by atoms with van der Waals surface area (Å²) in [6.45, 7) is 0. The molecule has 0 atom stereocenters. The molecule has 0 aromatic carbocycles. The topological polar surface area (TPSA) is 43.8 Å². The van der Waals surface area contributed by atoms with Gasteiger partial charge in [-0.25, -0.2) is 4.98 Å². The van der Waals surface area contributed by atoms with Crippen LogP contribution in [0.25, 0.3) is 5.70 Å². The van der Waals surface area contributed by atoms with Crippen molar-refractivity contribution in [2.75, 3.05) is 0 Å². The Labute approximate surface area is 71.2 Å². The number of allylic oxidation sites excluding steroid dienone is 3. The van der Waals surface area contributed by atoms with Crippen molar-refractivity contribution in [2.24, 2.45) is 5.73 Å². The monoisotopic (exact) mass is 161 g/mol. The molecule has 3 nitrogen and oxygen atoms in total. The van der Waals surface area contributed by atoms with Gasteiger partial charge in [0.25, 0.3) is 0 Å². The smallest absolute Gasteiger partial charge is 0.0992 e. The molecule has 0 aliphatic heterocycles. The summed E-state index contributed by atoms with van der Waals surface area (Å²) in [5.74, 6) is 0. The molecule has 1 aliphatic carbocycles. The molecule has 1 aliphatic rings. The average Bonchev–Trinajstić information content (AvgIpc) is 2.57. The Hall–Kier alpha value is -1.51. The van der Waals surface area contributed by atoms with Gasteiger partial charge in [-0.3, -0.25) is 0 Å². The number of nitrogens with two attached hydrogens (primary N) is 1. The fraction of sp³-hybridized carbons (Fsp3) is 0.222. The van der Waals surface area contributed by atoms with Crippen LogP contribution in [0, 0.1) is 0 Å². The third-order valence-corrected chi connectivity index (χ3v) is 1.95. The van der Waals surface area contributed by atoms with E-state index in [0.29, 0.717) is 0 Å². The summed E-state index contributed by atoms with van der Waals surface area (Å²) in [5.41, 5.74) is 7.72. The van der Waals surface area contributed by atoms with Crippen LogP contribution in [0.3, 0.4) is 0 Å². The van der Waals surface area contributed by atoms with Gasteiger partial charge in [0.05, 0.1) is 17.7 Å². The first-order valence-corrected chi connectivity index (χ1v) is 4.02. The Kier molecular flexibility index (Phi) is 1.70. The van der Waals surface area contributed by atoms with Gasteiger partial charge in [-0.1, -0.05) is 12.2 Å². The molecule has 62 valence electrons. The summed E-state index contributed by atoms with van der Waals surface area (Å²) < 4.78 is 1.94. The first-order valence-electron chi connectivity index (χ1n) is 4.02. The molecular formula is C9H11N3. The maximum atomic E-state index is 5.81. The second-order valence-electron chi connectivity index (χ2n) is 2.80. The van der Waals surface area contributed by atoms with Crippen molar-refractivity contribution in [1.82, 2.24) is 9.55 Å². The zero-order chi connectivity index (χ0) is 8.39. The van der Waals surface area contributed by atoms with Gasteiger partial charge in [0.15, 0.2) is 0 Å². The minimum Gasteiger partial charge on any atom is -0.397 e. The minimum absolute atomic E-state index is 0.847. The van der Waals surface area contributed by atoms with Gasteiger partial charge in [-0.15, -0.1) is 0 Å². The predicted octanol–water partition coefficient (Wildman–Crippen LogP) is 1.36. The molecule has 0 amide bonds. The molecule has 12 heavy (non-hydrogen) atoms. The van der Waals surface area contributed by atoms with E-state index < -0.39 is 0 Å². The SMILES string of the molecule is NC1=CCCC=C1n1ccnc1. The van der Waals surface area contributed by atoms with Gasteiger partial charge in [0.1, 0.15) is 0 Å². The molecule has 0 fully saturated rings. The maximum absolute atomic E-state index is 5.81. The second kappa shape index (κ2) is 2.85. The Morgan fingerprint density at radius 1 is 1.33 bits per heavy atom. The highest BCUT2D eigenvalue weighted by atomic mass is 15.0. The van der Waals surface area contributed by atoms with Crippen LogP contribution in [0.4, 0.5) is 0 Å². The number of hydrogen-bond donors (Lipinski definition) is 1. The molecule has 0 saturated carbocycles. The third-order valence-electron chi connectivity index (χ3n) is 1.95. The van der Waals surface area contributed by atoms with Gasteiger partial charge in [-0.2, -0.15) is 0 Å². The third kappa shape index (κ3) is 1.13. The first-order chi connectivity index (χ1) is 5.88. The Morgan fingerprint density at radius 3 is 2.83 bits per heavy atom. The predicted molar refractivity (Wildman–Crippen MR) is 48.0 cm³/mol. The van der Waals surface area contributed by atoms with Crippen molar-refractivity contribution >= 4 is 5.70 Å². The molecule has 0 spiro atoms. The van der Waals surface area contributed by atoms with Crippen molar-refractivity contribution < 1.29 is 0 Å². The molecular weight excluding hydrogens is 150 g/mol. The lowest BCUT2D eigenvalue weighted by Gasteiger charge is -2.12. The molecule has 2 rings (SSSR count). The highest BCUT2D eigenvalue weighted by molar-refractivity contribution is 5.63. The first kappa shape index (κ1) is 7.16. The lowest BCUT2D eigenvalue weighted by atomic mass is 10.1. The van der Waals surface area contributed by atoms with Crippen LogP contribution >= 0.6 is 0 Å². The minimum atomic E-state index is 0.847. The van der Waals surface area contributed by atoms with Crippen LogP contribution in [0.1, 0.15) is 12.8 Å². The molecule has 0 bridgehead atoms. The lowest BCUT2D eigenvalue weighted by molar-refractivity contribution is 0.965. The van der Waals surface area contributed by atoms with E-state index in [1.807, 2.05) is 10.8 Å². The molecule has 0 saturated heterocycles. The van der Waals surface area contributed by atoms with Crippen LogP contribution < -0.4 is 5.73 Å². The highest BCUT2D eigenvalue weighted by Gasteiger charge is 2.05. The van der Waals surface area contributed by atoms with Crippen molar-refractivity contribution in [3.63, 3.8) is 0 Å². The van der Waals surface area contributed by atoms with E-state index in [2.05, 4.69) is 17.1 Å². The zero-order valence-electron chi connectivity index (χ0n) is 6.77. The standard InChI is InChI=1S/C9H11N3/c10-8-3-1-2-4-9(8)12-6-5-11-7-12/h3-7H,1-2,10H2. The van der Waals surface area contributed by atoms with Crippen LogP contribution in [-0.4, -0.2) is 9.55 Å². The zero-order valence-corrected chi connectivity index (χ0v) is 6.77. The molecule has 0 radical (unpaired) electrons. The van der Waals surface area contributed by atoms with E-state index in [9.17, 15) is 0 Å². The van der Waals surface area contributed by atoms with E-state index in [1.54, 1.807) is 12.5 Å². The van der Waals surface area contributed by atoms with Gasteiger partial charge in [0.2, 0.25) is 0 Å². The fourth-order valence-corrected chi connectivity index (χ4v) is 1.34. The lowest BCUT2D eigenvalue weighted by Crippen LogP contribution is -2.08. The summed E-state index contributed by atoms with van der Waals surface area (Å²) in [4.78, 5) is 3.97. The summed E-state index contributed by atoms with van der Waals surface area (Å²) in [6.07, 6.45) is 11.7. The summed E-state index contributed by atoms with van der Waals surface area (Å²) in [5, 5.41) is 0. The van der Waals surface area contributed by atoms with Crippen LogP contribution in [0.15, 0.2) is 36.6 Å². The maximum Gasteiger partial charge on any atom is 0.0992 e.